The maximum absolute atomic E-state index is 11.1. The summed E-state index contributed by atoms with van der Waals surface area (Å²) < 4.78 is 0. The summed E-state index contributed by atoms with van der Waals surface area (Å²) in [5.74, 6) is 0.734. The molecule has 0 spiro atoms. The molecule has 1 fully saturated rings. The molecular weight excluding hydrogens is 168 g/mol. The van der Waals surface area contributed by atoms with Gasteiger partial charge in [-0.2, -0.15) is 0 Å². The second-order valence-electron chi connectivity index (χ2n) is 3.62. The Labute approximate surface area is 79.0 Å². The molecular formula is C9H18N2O2. The average molecular weight is 186 g/mol. The molecule has 1 aliphatic carbocycles. The van der Waals surface area contributed by atoms with Crippen LogP contribution in [0.15, 0.2) is 0 Å². The molecule has 0 bridgehead atoms. The summed E-state index contributed by atoms with van der Waals surface area (Å²) >= 11 is 0. The van der Waals surface area contributed by atoms with E-state index >= 15 is 0 Å². The molecule has 2 N–H and O–H groups in total. The van der Waals surface area contributed by atoms with Gasteiger partial charge in [0, 0.05) is 6.04 Å². The van der Waals surface area contributed by atoms with Crippen molar-refractivity contribution in [2.24, 2.45) is 5.92 Å². The fraction of sp³-hybridized carbons (Fsp3) is 0.889. The maximum atomic E-state index is 11.1. The number of nitrogens with one attached hydrogen (secondary N) is 2. The van der Waals surface area contributed by atoms with E-state index in [4.69, 9.17) is 4.84 Å². The van der Waals surface area contributed by atoms with Crippen molar-refractivity contribution in [1.82, 2.24) is 10.8 Å². The van der Waals surface area contributed by atoms with Crippen molar-refractivity contribution < 1.29 is 9.63 Å². The highest BCUT2D eigenvalue weighted by molar-refractivity contribution is 5.73. The van der Waals surface area contributed by atoms with E-state index in [0.29, 0.717) is 12.6 Å². The first-order chi connectivity index (χ1) is 6.22. The highest BCUT2D eigenvalue weighted by Crippen LogP contribution is 2.24. The summed E-state index contributed by atoms with van der Waals surface area (Å²) in [5, 5.41) is 2.87. The highest BCUT2D eigenvalue weighted by atomic mass is 16.7. The molecule has 0 aromatic rings. The summed E-state index contributed by atoms with van der Waals surface area (Å²) in [6.07, 6.45) is 3.37. The topological polar surface area (TPSA) is 50.4 Å². The number of hydrogen-bond acceptors (Lipinski definition) is 2. The molecule has 0 aromatic heterocycles. The molecule has 4 nitrogen and oxygen atoms in total. The van der Waals surface area contributed by atoms with Crippen LogP contribution in [0.4, 0.5) is 4.79 Å². The molecule has 0 radical (unpaired) electrons. The Hall–Kier alpha value is -0.770. The van der Waals surface area contributed by atoms with Gasteiger partial charge in [-0.1, -0.05) is 6.92 Å². The lowest BCUT2D eigenvalue weighted by Crippen LogP contribution is -2.40. The Morgan fingerprint density at radius 3 is 2.85 bits per heavy atom. The van der Waals surface area contributed by atoms with Gasteiger partial charge in [0.1, 0.15) is 0 Å². The van der Waals surface area contributed by atoms with Crippen LogP contribution in [0.2, 0.25) is 0 Å². The maximum Gasteiger partial charge on any atom is 0.338 e. The van der Waals surface area contributed by atoms with Crippen molar-refractivity contribution in [3.63, 3.8) is 0 Å². The van der Waals surface area contributed by atoms with E-state index in [-0.39, 0.29) is 6.03 Å². The first-order valence-electron chi connectivity index (χ1n) is 4.90. The van der Waals surface area contributed by atoms with Crippen LogP contribution in [0, 0.1) is 5.92 Å². The summed E-state index contributed by atoms with van der Waals surface area (Å²) in [4.78, 5) is 15.9. The van der Waals surface area contributed by atoms with Gasteiger partial charge in [0.05, 0.1) is 6.61 Å². The molecule has 1 rings (SSSR count). The van der Waals surface area contributed by atoms with Gasteiger partial charge >= 0.3 is 6.03 Å². The largest absolute Gasteiger partial charge is 0.338 e. The second-order valence-corrected chi connectivity index (χ2v) is 3.62. The zero-order valence-corrected chi connectivity index (χ0v) is 8.30. The SMILES string of the molecule is CCONC(=O)NC1CCC(C)C1. The molecule has 2 unspecified atom stereocenters. The van der Waals surface area contributed by atoms with E-state index in [1.54, 1.807) is 0 Å². The van der Waals surface area contributed by atoms with Gasteiger partial charge in [0.25, 0.3) is 0 Å². The minimum Gasteiger partial charge on any atom is -0.334 e. The van der Waals surface area contributed by atoms with Crippen LogP contribution in [-0.4, -0.2) is 18.7 Å². The summed E-state index contributed by atoms with van der Waals surface area (Å²) in [6, 6.07) is 0.108. The number of rotatable bonds is 3. The number of urea groups is 1. The molecule has 4 heteroatoms. The van der Waals surface area contributed by atoms with Gasteiger partial charge in [-0.25, -0.2) is 10.3 Å². The molecule has 76 valence electrons. The quantitative estimate of drug-likeness (QED) is 0.655. The van der Waals surface area contributed by atoms with Gasteiger partial charge < -0.3 is 5.32 Å². The molecule has 2 amide bonds. The van der Waals surface area contributed by atoms with Gasteiger partial charge in [-0.05, 0) is 32.1 Å². The predicted octanol–water partition coefficient (Wildman–Crippen LogP) is 1.43. The minimum absolute atomic E-state index is 0.221. The summed E-state index contributed by atoms with van der Waals surface area (Å²) in [7, 11) is 0. The molecule has 0 heterocycles. The number of carbonyl (C=O) groups is 1. The first kappa shape index (κ1) is 10.3. The van der Waals surface area contributed by atoms with Crippen molar-refractivity contribution in [3.05, 3.63) is 0 Å². The van der Waals surface area contributed by atoms with Gasteiger partial charge in [0.2, 0.25) is 0 Å². The van der Waals surface area contributed by atoms with Crippen molar-refractivity contribution in [3.8, 4) is 0 Å². The van der Waals surface area contributed by atoms with Gasteiger partial charge in [-0.15, -0.1) is 0 Å². The molecule has 2 atom stereocenters. The lowest BCUT2D eigenvalue weighted by molar-refractivity contribution is 0.0695. The lowest BCUT2D eigenvalue weighted by atomic mass is 10.1. The third kappa shape index (κ3) is 3.63. The number of hydrogen-bond donors (Lipinski definition) is 2. The van der Waals surface area contributed by atoms with Crippen molar-refractivity contribution >= 4 is 6.03 Å². The van der Waals surface area contributed by atoms with Crippen LogP contribution in [-0.2, 0) is 4.84 Å². The van der Waals surface area contributed by atoms with Crippen LogP contribution in [0.3, 0.4) is 0 Å². The summed E-state index contributed by atoms with van der Waals surface area (Å²) in [6.45, 7) is 4.54. The van der Waals surface area contributed by atoms with Crippen molar-refractivity contribution in [2.75, 3.05) is 6.61 Å². The molecule has 13 heavy (non-hydrogen) atoms. The number of hydroxylamine groups is 1. The van der Waals surface area contributed by atoms with E-state index in [2.05, 4.69) is 17.7 Å². The fourth-order valence-electron chi connectivity index (χ4n) is 1.69. The smallest absolute Gasteiger partial charge is 0.334 e. The Bertz CT molecular complexity index is 173. The fourth-order valence-corrected chi connectivity index (χ4v) is 1.69. The van der Waals surface area contributed by atoms with Gasteiger partial charge in [-0.3, -0.25) is 4.84 Å². The van der Waals surface area contributed by atoms with Crippen LogP contribution >= 0.6 is 0 Å². The average Bonchev–Trinajstić information content (AvgIpc) is 2.48. The third-order valence-electron chi connectivity index (χ3n) is 2.34. The second kappa shape index (κ2) is 5.07. The third-order valence-corrected chi connectivity index (χ3v) is 2.34. The first-order valence-corrected chi connectivity index (χ1v) is 4.90. The lowest BCUT2D eigenvalue weighted by Gasteiger charge is -2.12. The Balaban J connectivity index is 2.13. The van der Waals surface area contributed by atoms with E-state index < -0.39 is 0 Å². The Morgan fingerprint density at radius 2 is 2.31 bits per heavy atom. The Morgan fingerprint density at radius 1 is 1.54 bits per heavy atom. The van der Waals surface area contributed by atoms with E-state index in [1.165, 1.54) is 6.42 Å². The van der Waals surface area contributed by atoms with E-state index in [1.807, 2.05) is 6.92 Å². The zero-order chi connectivity index (χ0) is 9.68. The molecule has 1 aliphatic rings. The van der Waals surface area contributed by atoms with Crippen LogP contribution in [0.5, 0.6) is 0 Å². The standard InChI is InChI=1S/C9H18N2O2/c1-3-13-11-9(12)10-8-5-4-7(2)6-8/h7-8H,3-6H2,1-2H3,(H2,10,11,12). The van der Waals surface area contributed by atoms with E-state index in [9.17, 15) is 4.79 Å². The molecule has 0 saturated heterocycles. The van der Waals surface area contributed by atoms with Crippen LogP contribution in [0.25, 0.3) is 0 Å². The number of amides is 2. The minimum atomic E-state index is -0.221. The monoisotopic (exact) mass is 186 g/mol. The predicted molar refractivity (Wildman–Crippen MR) is 50.1 cm³/mol. The van der Waals surface area contributed by atoms with Crippen molar-refractivity contribution in [1.29, 1.82) is 0 Å². The van der Waals surface area contributed by atoms with Crippen LogP contribution < -0.4 is 10.8 Å². The molecule has 1 saturated carbocycles. The van der Waals surface area contributed by atoms with E-state index in [0.717, 1.165) is 18.8 Å². The number of carbonyl (C=O) groups excluding carboxylic acids is 1. The normalized spacial score (nSPS) is 27.2. The molecule has 0 aromatic carbocycles. The van der Waals surface area contributed by atoms with Crippen LogP contribution in [0.1, 0.15) is 33.1 Å². The zero-order valence-electron chi connectivity index (χ0n) is 8.30. The highest BCUT2D eigenvalue weighted by Gasteiger charge is 2.22. The Kier molecular flexibility index (Phi) is 4.02. The molecule has 0 aliphatic heterocycles. The summed E-state index contributed by atoms with van der Waals surface area (Å²) in [5.41, 5.74) is 2.32. The van der Waals surface area contributed by atoms with Crippen molar-refractivity contribution in [2.45, 2.75) is 39.2 Å². The van der Waals surface area contributed by atoms with Gasteiger partial charge in [0.15, 0.2) is 0 Å².